The molecule has 0 atom stereocenters. The molecule has 1 aromatic heterocycles. The average Bonchev–Trinajstić information content (AvgIpc) is 2.86. The van der Waals surface area contributed by atoms with Gasteiger partial charge in [0.15, 0.2) is 5.78 Å². The Morgan fingerprint density at radius 3 is 2.61 bits per heavy atom. The maximum Gasteiger partial charge on any atom is 0.174 e. The first-order chi connectivity index (χ1) is 8.71. The van der Waals surface area contributed by atoms with Crippen LogP contribution in [0.3, 0.4) is 0 Å². The molecule has 0 radical (unpaired) electrons. The molecule has 1 rings (SSSR count). The lowest BCUT2D eigenvalue weighted by Crippen LogP contribution is -2.25. The molecule has 4 heteroatoms. The van der Waals surface area contributed by atoms with Crippen LogP contribution in [0.25, 0.3) is 0 Å². The third kappa shape index (κ3) is 5.12. The van der Waals surface area contributed by atoms with Crippen LogP contribution >= 0.6 is 23.1 Å². The Balaban J connectivity index is 2.43. The zero-order chi connectivity index (χ0) is 13.4. The minimum atomic E-state index is 0.287. The highest BCUT2D eigenvalue weighted by Gasteiger charge is 2.10. The Morgan fingerprint density at radius 2 is 2.00 bits per heavy atom. The number of carbonyl (C=O) groups is 1. The van der Waals surface area contributed by atoms with Crippen LogP contribution in [0, 0.1) is 0 Å². The molecule has 0 aromatic carbocycles. The number of nitrogens with zero attached hydrogens (tertiary/aromatic N) is 1. The van der Waals surface area contributed by atoms with E-state index in [0.29, 0.717) is 6.42 Å². The van der Waals surface area contributed by atoms with E-state index in [2.05, 4.69) is 31.7 Å². The van der Waals surface area contributed by atoms with Crippen LogP contribution in [0.5, 0.6) is 0 Å². The first kappa shape index (κ1) is 15.7. The van der Waals surface area contributed by atoms with Crippen LogP contribution < -0.4 is 0 Å². The number of thiophene rings is 1. The van der Waals surface area contributed by atoms with E-state index in [4.69, 9.17) is 0 Å². The van der Waals surface area contributed by atoms with E-state index in [0.717, 1.165) is 30.3 Å². The third-order valence-electron chi connectivity index (χ3n) is 2.85. The molecule has 0 bridgehead atoms. The largest absolute Gasteiger partial charge is 0.303 e. The van der Waals surface area contributed by atoms with Crippen LogP contribution in [0.15, 0.2) is 16.3 Å². The predicted molar refractivity (Wildman–Crippen MR) is 82.1 cm³/mol. The van der Waals surface area contributed by atoms with Crippen molar-refractivity contribution in [2.45, 2.75) is 37.8 Å². The second-order valence-electron chi connectivity index (χ2n) is 4.17. The van der Waals surface area contributed by atoms with E-state index in [9.17, 15) is 4.79 Å². The van der Waals surface area contributed by atoms with Gasteiger partial charge in [-0.2, -0.15) is 0 Å². The Morgan fingerprint density at radius 1 is 1.28 bits per heavy atom. The van der Waals surface area contributed by atoms with Crippen LogP contribution in [-0.4, -0.2) is 36.1 Å². The highest BCUT2D eigenvalue weighted by atomic mass is 32.2. The van der Waals surface area contributed by atoms with E-state index in [1.165, 1.54) is 10.6 Å². The SMILES string of the molecule is CCCSc1ccc(C(=O)CCN(CC)CC)s1. The van der Waals surface area contributed by atoms with Crippen molar-refractivity contribution in [3.05, 3.63) is 17.0 Å². The van der Waals surface area contributed by atoms with Crippen molar-refractivity contribution < 1.29 is 4.79 Å². The second-order valence-corrected chi connectivity index (χ2v) is 6.65. The minimum absolute atomic E-state index is 0.287. The van der Waals surface area contributed by atoms with Gasteiger partial charge >= 0.3 is 0 Å². The fourth-order valence-corrected chi connectivity index (χ4v) is 3.70. The molecule has 0 saturated heterocycles. The molecule has 2 nitrogen and oxygen atoms in total. The molecule has 0 unspecified atom stereocenters. The topological polar surface area (TPSA) is 20.3 Å². The van der Waals surface area contributed by atoms with Gasteiger partial charge in [-0.25, -0.2) is 0 Å². The molecule has 0 amide bonds. The molecule has 102 valence electrons. The number of rotatable bonds is 9. The smallest absolute Gasteiger partial charge is 0.174 e. The molecule has 0 aliphatic rings. The molecule has 0 aliphatic heterocycles. The molecular weight excluding hydrogens is 262 g/mol. The number of hydrogen-bond acceptors (Lipinski definition) is 4. The average molecular weight is 285 g/mol. The Bertz CT molecular complexity index is 358. The summed E-state index contributed by atoms with van der Waals surface area (Å²) in [5.41, 5.74) is 0. The van der Waals surface area contributed by atoms with Gasteiger partial charge < -0.3 is 4.90 Å². The molecular formula is C14H23NOS2. The molecule has 1 heterocycles. The summed E-state index contributed by atoms with van der Waals surface area (Å²) < 4.78 is 1.27. The van der Waals surface area contributed by atoms with Crippen molar-refractivity contribution in [2.75, 3.05) is 25.4 Å². The first-order valence-electron chi connectivity index (χ1n) is 6.69. The van der Waals surface area contributed by atoms with Gasteiger partial charge in [0.25, 0.3) is 0 Å². The van der Waals surface area contributed by atoms with E-state index in [1.54, 1.807) is 11.3 Å². The van der Waals surface area contributed by atoms with Gasteiger partial charge in [0.1, 0.15) is 0 Å². The summed E-state index contributed by atoms with van der Waals surface area (Å²) in [6.45, 7) is 9.37. The summed E-state index contributed by atoms with van der Waals surface area (Å²) in [5.74, 6) is 1.42. The van der Waals surface area contributed by atoms with E-state index in [-0.39, 0.29) is 5.78 Å². The molecule has 0 fully saturated rings. The number of carbonyl (C=O) groups excluding carboxylic acids is 1. The van der Waals surface area contributed by atoms with Crippen molar-refractivity contribution in [2.24, 2.45) is 0 Å². The van der Waals surface area contributed by atoms with Crippen LogP contribution in [0.4, 0.5) is 0 Å². The highest BCUT2D eigenvalue weighted by molar-refractivity contribution is 8.01. The normalized spacial score (nSPS) is 11.1. The summed E-state index contributed by atoms with van der Waals surface area (Å²) in [7, 11) is 0. The van der Waals surface area contributed by atoms with Crippen LogP contribution in [0.2, 0.25) is 0 Å². The number of thioether (sulfide) groups is 1. The number of ketones is 1. The Labute approximate surface area is 119 Å². The fraction of sp³-hybridized carbons (Fsp3) is 0.643. The lowest BCUT2D eigenvalue weighted by Gasteiger charge is -2.16. The van der Waals surface area contributed by atoms with Gasteiger partial charge in [0, 0.05) is 13.0 Å². The third-order valence-corrected chi connectivity index (χ3v) is 5.41. The van der Waals surface area contributed by atoms with E-state index in [1.807, 2.05) is 17.8 Å². The van der Waals surface area contributed by atoms with Crippen molar-refractivity contribution in [1.29, 1.82) is 0 Å². The van der Waals surface area contributed by atoms with Crippen LogP contribution in [-0.2, 0) is 0 Å². The van der Waals surface area contributed by atoms with Gasteiger partial charge in [-0.1, -0.05) is 20.8 Å². The van der Waals surface area contributed by atoms with Crippen LogP contribution in [0.1, 0.15) is 43.3 Å². The predicted octanol–water partition coefficient (Wildman–Crippen LogP) is 4.16. The number of hydrogen-bond donors (Lipinski definition) is 0. The van der Waals surface area contributed by atoms with Gasteiger partial charge in [-0.3, -0.25) is 4.79 Å². The van der Waals surface area contributed by atoms with Crippen molar-refractivity contribution in [3.8, 4) is 0 Å². The molecule has 0 N–H and O–H groups in total. The number of Topliss-reactive ketones (excluding diaryl/α,β-unsaturated/α-hetero) is 1. The fourth-order valence-electron chi connectivity index (χ4n) is 1.67. The summed E-state index contributed by atoms with van der Waals surface area (Å²) in [5, 5.41) is 0. The molecule has 1 aromatic rings. The highest BCUT2D eigenvalue weighted by Crippen LogP contribution is 2.28. The van der Waals surface area contributed by atoms with Crippen molar-refractivity contribution in [1.82, 2.24) is 4.90 Å². The summed E-state index contributed by atoms with van der Waals surface area (Å²) in [6, 6.07) is 4.06. The summed E-state index contributed by atoms with van der Waals surface area (Å²) in [4.78, 5) is 15.2. The first-order valence-corrected chi connectivity index (χ1v) is 8.49. The zero-order valence-corrected chi connectivity index (χ0v) is 13.2. The van der Waals surface area contributed by atoms with Crippen molar-refractivity contribution >= 4 is 28.9 Å². The lowest BCUT2D eigenvalue weighted by molar-refractivity contribution is 0.0970. The second kappa shape index (κ2) is 8.73. The van der Waals surface area contributed by atoms with Crippen molar-refractivity contribution in [3.63, 3.8) is 0 Å². The van der Waals surface area contributed by atoms with Gasteiger partial charge in [0.05, 0.1) is 9.09 Å². The maximum absolute atomic E-state index is 12.0. The van der Waals surface area contributed by atoms with Gasteiger partial charge in [0.2, 0.25) is 0 Å². The molecule has 0 saturated carbocycles. The molecule has 18 heavy (non-hydrogen) atoms. The molecule has 0 aliphatic carbocycles. The summed E-state index contributed by atoms with van der Waals surface area (Å²) >= 11 is 3.49. The Hall–Kier alpha value is -0.320. The van der Waals surface area contributed by atoms with Gasteiger partial charge in [-0.05, 0) is 37.4 Å². The standard InChI is InChI=1S/C14H23NOS2/c1-4-11-17-14-8-7-13(18-14)12(16)9-10-15(5-2)6-3/h7-8H,4-6,9-11H2,1-3H3. The monoisotopic (exact) mass is 285 g/mol. The minimum Gasteiger partial charge on any atom is -0.303 e. The van der Waals surface area contributed by atoms with Gasteiger partial charge in [-0.15, -0.1) is 23.1 Å². The maximum atomic E-state index is 12.0. The quantitative estimate of drug-likeness (QED) is 0.502. The Kier molecular flexibility index (Phi) is 7.63. The lowest BCUT2D eigenvalue weighted by atomic mass is 10.2. The summed E-state index contributed by atoms with van der Waals surface area (Å²) in [6.07, 6.45) is 1.81. The van der Waals surface area contributed by atoms with E-state index < -0.39 is 0 Å². The molecule has 0 spiro atoms. The zero-order valence-electron chi connectivity index (χ0n) is 11.6. The van der Waals surface area contributed by atoms with E-state index >= 15 is 0 Å².